The second-order valence-corrected chi connectivity index (χ2v) is 24.4. The van der Waals surface area contributed by atoms with E-state index in [2.05, 4.69) is 59.2 Å². The van der Waals surface area contributed by atoms with E-state index < -0.39 is 16.4 Å². The molecule has 9 heterocycles. The van der Waals surface area contributed by atoms with Gasteiger partial charge in [-0.1, -0.05) is 106 Å². The zero-order chi connectivity index (χ0) is 44.3. The highest BCUT2D eigenvalue weighted by molar-refractivity contribution is 6.00. The highest BCUT2D eigenvalue weighted by Gasteiger charge is 2.94. The van der Waals surface area contributed by atoms with Crippen LogP contribution in [-0.4, -0.2) is 65.1 Å². The molecule has 0 aromatic heterocycles. The number of rotatable bonds is 6. The van der Waals surface area contributed by atoms with E-state index in [4.69, 9.17) is 15.2 Å². The molecule has 3 spiro atoms. The van der Waals surface area contributed by atoms with Crippen LogP contribution in [0.15, 0.2) is 76.4 Å². The first-order valence-electron chi connectivity index (χ1n) is 27.3. The van der Waals surface area contributed by atoms with Crippen LogP contribution in [-0.2, 0) is 26.3 Å². The smallest absolute Gasteiger partial charge is 0.339 e. The summed E-state index contributed by atoms with van der Waals surface area (Å²) in [4.78, 5) is 37.1. The van der Waals surface area contributed by atoms with Crippen molar-refractivity contribution in [1.29, 1.82) is 0 Å². The van der Waals surface area contributed by atoms with Gasteiger partial charge in [-0.2, -0.15) is 0 Å². The molecule has 1 unspecified atom stereocenters. The average Bonchev–Trinajstić information content (AvgIpc) is 3.78. The Labute approximate surface area is 392 Å². The van der Waals surface area contributed by atoms with Gasteiger partial charge in [0.25, 0.3) is 0 Å². The predicted octanol–water partition coefficient (Wildman–Crippen LogP) is 10.6. The Morgan fingerprint density at radius 1 is 0.909 bits per heavy atom. The summed E-state index contributed by atoms with van der Waals surface area (Å²) in [6.07, 6.45) is 31.6. The third-order valence-electron chi connectivity index (χ3n) is 21.6. The Bertz CT molecular complexity index is 2420. The zero-order valence-electron chi connectivity index (χ0n) is 39.5. The molecule has 16 aliphatic rings. The zero-order valence-corrected chi connectivity index (χ0v) is 39.5. The SMILES string of the molecule is C[C@H]1CC2=C3[C@H]4C5=C6[C@@H](/C=C\[C@@H](C7CCCCC7)C[C@H]7[C@]68C(=O)O/C(=C(/O)C[C@H](CC6CCCCC6)N6C[C@@H]9C[C@H](C6)[C@H](C=C2)N3C9)[C@@]8(CC5)[C@]72OC(=O)c3c(CCCN)cccc32)C[C@H]41. The van der Waals surface area contributed by atoms with Crippen molar-refractivity contribution in [3.8, 4) is 0 Å². The molecule has 7 aliphatic carbocycles. The van der Waals surface area contributed by atoms with Crippen molar-refractivity contribution in [2.75, 3.05) is 26.2 Å². The number of hydrogen-bond acceptors (Lipinski definition) is 8. The van der Waals surface area contributed by atoms with Crippen LogP contribution in [0, 0.1) is 70.0 Å². The number of hydrogen-bond donors (Lipinski definition) is 2. The first-order valence-corrected chi connectivity index (χ1v) is 27.3. The minimum atomic E-state index is -1.14. The molecule has 350 valence electrons. The lowest BCUT2D eigenvalue weighted by Crippen LogP contribution is -2.78. The lowest BCUT2D eigenvalue weighted by Gasteiger charge is -2.73. The molecule has 3 saturated carbocycles. The predicted molar refractivity (Wildman–Crippen MR) is 253 cm³/mol. The molecule has 3 saturated heterocycles. The third-order valence-corrected chi connectivity index (χ3v) is 21.6. The Morgan fingerprint density at radius 3 is 2.58 bits per heavy atom. The quantitative estimate of drug-likeness (QED) is 0.215. The second kappa shape index (κ2) is 14.9. The number of fused-ring (bicyclic) bond motifs is 3. The molecule has 3 N–H and O–H groups in total. The fourth-order valence-corrected chi connectivity index (χ4v) is 19.4. The molecule has 14 atom stereocenters. The van der Waals surface area contributed by atoms with Gasteiger partial charge in [-0.15, -0.1) is 0 Å². The molecule has 12 bridgehead atoms. The number of ether oxygens (including phenoxy) is 2. The van der Waals surface area contributed by atoms with E-state index in [9.17, 15) is 5.11 Å². The Hall–Kier alpha value is -3.62. The maximum atomic E-state index is 16.3. The summed E-state index contributed by atoms with van der Waals surface area (Å²) in [5.74, 6) is 3.87. The van der Waals surface area contributed by atoms with E-state index in [0.29, 0.717) is 78.7 Å². The summed E-state index contributed by atoms with van der Waals surface area (Å²) in [6, 6.07) is 6.92. The molecular weight excluding hydrogens is 819 g/mol. The van der Waals surface area contributed by atoms with Crippen LogP contribution in [0.25, 0.3) is 0 Å². The van der Waals surface area contributed by atoms with Crippen molar-refractivity contribution in [3.63, 3.8) is 0 Å². The van der Waals surface area contributed by atoms with Crippen molar-refractivity contribution in [2.45, 2.75) is 153 Å². The third kappa shape index (κ3) is 5.25. The Morgan fingerprint density at radius 2 is 1.74 bits per heavy atom. The second-order valence-electron chi connectivity index (χ2n) is 24.4. The summed E-state index contributed by atoms with van der Waals surface area (Å²) in [5.41, 5.74) is 11.5. The lowest BCUT2D eigenvalue weighted by atomic mass is 9.27. The molecule has 1 aromatic carbocycles. The summed E-state index contributed by atoms with van der Waals surface area (Å²) in [7, 11) is 0. The number of aliphatic hydroxyl groups is 1. The van der Waals surface area contributed by atoms with Gasteiger partial charge in [-0.3, -0.25) is 9.69 Å². The van der Waals surface area contributed by atoms with E-state index in [-0.39, 0.29) is 47.4 Å². The normalized spacial score (nSPS) is 45.7. The fraction of sp³-hybridized carbons (Fsp3) is 0.690. The Balaban J connectivity index is 1.05. The minimum absolute atomic E-state index is 0.0935. The summed E-state index contributed by atoms with van der Waals surface area (Å²) >= 11 is 0. The van der Waals surface area contributed by atoms with Gasteiger partial charge in [0.15, 0.2) is 11.4 Å². The summed E-state index contributed by atoms with van der Waals surface area (Å²) in [6.45, 7) is 6.25. The summed E-state index contributed by atoms with van der Waals surface area (Å²) in [5, 5.41) is 13.4. The van der Waals surface area contributed by atoms with E-state index in [1.165, 1.54) is 87.3 Å². The fourth-order valence-electron chi connectivity index (χ4n) is 19.4. The standard InChI is InChI=1S/C58H73N3O5/c1-33-24-40-19-20-46-41-25-35-30-60(32-41)42(26-34-10-4-2-5-11-34)29-47(62)53-56-22-21-43-50(52(40)61(46)31-35)44(33)27-39-18-17-38(36-12-6-3-7-13-36)28-48(57(56,51(39)43)55(64)65-53)58(56)45-16-8-14-37(15-9-23-59)49(45)54(63)66-58/h8,14,16-20,33-36,38-39,41-42,44,46,48,50,62H,2-7,9-13,15,21-32,59H2,1H3/b18-17-,53-47+/t33-,35-,38+,39-,41+,42-,44-,46-,48-,50-,56+,57+,58+/m0/s1. The minimum Gasteiger partial charge on any atom is -0.509 e. The summed E-state index contributed by atoms with van der Waals surface area (Å²) < 4.78 is 14.5. The molecule has 66 heavy (non-hydrogen) atoms. The molecular formula is C58H73N3O5. The number of nitrogens with two attached hydrogens (primary N) is 1. The van der Waals surface area contributed by atoms with Gasteiger partial charge in [0.2, 0.25) is 0 Å². The van der Waals surface area contributed by atoms with Crippen molar-refractivity contribution >= 4 is 11.9 Å². The number of nitrogens with zero attached hydrogens (tertiary/aromatic N) is 2. The monoisotopic (exact) mass is 892 g/mol. The number of aryl methyl sites for hydroxylation is 1. The van der Waals surface area contributed by atoms with E-state index in [0.717, 1.165) is 69.3 Å². The van der Waals surface area contributed by atoms with Crippen molar-refractivity contribution < 1.29 is 24.2 Å². The van der Waals surface area contributed by atoms with Gasteiger partial charge in [0.05, 0.1) is 17.0 Å². The molecule has 8 heteroatoms. The number of piperidine rings is 2. The van der Waals surface area contributed by atoms with Crippen LogP contribution < -0.4 is 5.73 Å². The van der Waals surface area contributed by atoms with E-state index in [1.54, 1.807) is 5.70 Å². The number of benzene rings is 1. The molecule has 9 aliphatic heterocycles. The van der Waals surface area contributed by atoms with Crippen LogP contribution in [0.5, 0.6) is 0 Å². The van der Waals surface area contributed by atoms with Gasteiger partial charge in [0, 0.05) is 55.2 Å². The highest BCUT2D eigenvalue weighted by atomic mass is 16.6. The molecule has 8 nitrogen and oxygen atoms in total. The number of esters is 2. The highest BCUT2D eigenvalue weighted by Crippen LogP contribution is 2.88. The van der Waals surface area contributed by atoms with Crippen molar-refractivity contribution in [1.82, 2.24) is 9.80 Å². The Kier molecular flexibility index (Phi) is 9.36. The maximum absolute atomic E-state index is 16.3. The first kappa shape index (κ1) is 41.4. The average molecular weight is 892 g/mol. The van der Waals surface area contributed by atoms with Crippen LogP contribution in [0.4, 0.5) is 0 Å². The molecule has 0 radical (unpaired) electrons. The van der Waals surface area contributed by atoms with E-state index >= 15 is 9.59 Å². The van der Waals surface area contributed by atoms with Gasteiger partial charge in [0.1, 0.15) is 11.2 Å². The van der Waals surface area contributed by atoms with Crippen LogP contribution in [0.1, 0.15) is 150 Å². The maximum Gasteiger partial charge on any atom is 0.339 e. The molecule has 0 amide bonds. The molecule has 1 aromatic rings. The topological polar surface area (TPSA) is 105 Å². The van der Waals surface area contributed by atoms with Crippen LogP contribution in [0.3, 0.4) is 0 Å². The van der Waals surface area contributed by atoms with Gasteiger partial charge in [-0.05, 0) is 141 Å². The number of allylic oxidation sites excluding steroid dienone is 5. The van der Waals surface area contributed by atoms with Gasteiger partial charge >= 0.3 is 11.9 Å². The number of aliphatic hydroxyl groups excluding tert-OH is 1. The van der Waals surface area contributed by atoms with E-state index in [1.807, 2.05) is 0 Å². The van der Waals surface area contributed by atoms with Crippen LogP contribution >= 0.6 is 0 Å². The lowest BCUT2D eigenvalue weighted by molar-refractivity contribution is -0.282. The number of carbonyl (C=O) groups excluding carboxylic acids is 2. The first-order chi connectivity index (χ1) is 32.3. The molecule has 6 fully saturated rings. The number of carbonyl (C=O) groups is 2. The van der Waals surface area contributed by atoms with Crippen molar-refractivity contribution in [2.24, 2.45) is 75.7 Å². The van der Waals surface area contributed by atoms with Crippen molar-refractivity contribution in [3.05, 3.63) is 93.1 Å². The van der Waals surface area contributed by atoms with Gasteiger partial charge < -0.3 is 25.2 Å². The largest absolute Gasteiger partial charge is 0.509 e. The van der Waals surface area contributed by atoms with Gasteiger partial charge in [-0.25, -0.2) is 4.79 Å². The van der Waals surface area contributed by atoms with Crippen LogP contribution in [0.2, 0.25) is 0 Å². The molecule has 17 rings (SSSR count).